The lowest BCUT2D eigenvalue weighted by atomic mass is 10.1. The van der Waals surface area contributed by atoms with Gasteiger partial charge in [-0.15, -0.1) is 23.4 Å². The molecule has 0 aliphatic heterocycles. The molecule has 0 spiro atoms. The molecule has 0 bridgehead atoms. The van der Waals surface area contributed by atoms with Crippen molar-refractivity contribution >= 4 is 33.6 Å². The molecule has 0 fully saturated rings. The number of pyridine rings is 1. The van der Waals surface area contributed by atoms with E-state index >= 15 is 0 Å². The van der Waals surface area contributed by atoms with E-state index in [0.29, 0.717) is 11.3 Å². The van der Waals surface area contributed by atoms with E-state index in [2.05, 4.69) is 19.9 Å². The zero-order valence-electron chi connectivity index (χ0n) is 19.0. The quantitative estimate of drug-likeness (QED) is 0.229. The Morgan fingerprint density at radius 3 is 2.46 bits per heavy atom. The molecule has 3 heterocycles. The SMILES string of the molecule is FC(F)(F)Oc1ccccc1CSc1nnc(-c2cc3c([nH]c4ccccc43)c(-c3ccccc3)n2)o1. The highest BCUT2D eigenvalue weighted by Crippen LogP contribution is 2.36. The summed E-state index contributed by atoms with van der Waals surface area (Å²) in [6.45, 7) is 0. The van der Waals surface area contributed by atoms with Crippen LogP contribution < -0.4 is 4.74 Å². The van der Waals surface area contributed by atoms with Crippen molar-refractivity contribution in [3.05, 3.63) is 90.5 Å². The number of alkyl halides is 3. The average Bonchev–Trinajstić information content (AvgIpc) is 3.52. The Bertz CT molecular complexity index is 1710. The summed E-state index contributed by atoms with van der Waals surface area (Å²) in [5, 5.41) is 10.5. The van der Waals surface area contributed by atoms with Gasteiger partial charge >= 0.3 is 6.36 Å². The lowest BCUT2D eigenvalue weighted by Crippen LogP contribution is -2.18. The molecule has 3 aromatic heterocycles. The van der Waals surface area contributed by atoms with Crippen LogP contribution in [-0.2, 0) is 5.75 Å². The second-order valence-electron chi connectivity index (χ2n) is 8.13. The Morgan fingerprint density at radius 1 is 0.865 bits per heavy atom. The van der Waals surface area contributed by atoms with Crippen LogP contribution in [0.1, 0.15) is 5.56 Å². The van der Waals surface area contributed by atoms with Gasteiger partial charge in [0, 0.05) is 33.2 Å². The van der Waals surface area contributed by atoms with Crippen LogP contribution in [0.4, 0.5) is 13.2 Å². The maximum atomic E-state index is 12.7. The number of fused-ring (bicyclic) bond motifs is 3. The molecule has 0 atom stereocenters. The third kappa shape index (κ3) is 4.75. The van der Waals surface area contributed by atoms with Gasteiger partial charge in [0.25, 0.3) is 11.1 Å². The molecule has 37 heavy (non-hydrogen) atoms. The first-order valence-corrected chi connectivity index (χ1v) is 12.2. The Hall–Kier alpha value is -4.31. The molecule has 0 saturated heterocycles. The average molecular weight is 519 g/mol. The summed E-state index contributed by atoms with van der Waals surface area (Å²) in [5.74, 6) is 0.103. The van der Waals surface area contributed by atoms with Crippen molar-refractivity contribution in [2.75, 3.05) is 0 Å². The minimum Gasteiger partial charge on any atom is -0.410 e. The monoisotopic (exact) mass is 518 g/mol. The molecule has 0 aliphatic carbocycles. The van der Waals surface area contributed by atoms with Crippen LogP contribution in [0.2, 0.25) is 0 Å². The van der Waals surface area contributed by atoms with Gasteiger partial charge in [-0.05, 0) is 18.2 Å². The van der Waals surface area contributed by atoms with Crippen molar-refractivity contribution in [2.45, 2.75) is 17.3 Å². The van der Waals surface area contributed by atoms with E-state index in [1.54, 1.807) is 12.1 Å². The van der Waals surface area contributed by atoms with Crippen molar-refractivity contribution in [1.29, 1.82) is 0 Å². The molecule has 0 unspecified atom stereocenters. The van der Waals surface area contributed by atoms with Crippen molar-refractivity contribution in [3.8, 4) is 28.6 Å². The highest BCUT2D eigenvalue weighted by Gasteiger charge is 2.32. The molecule has 0 radical (unpaired) electrons. The molecule has 6 nitrogen and oxygen atoms in total. The molecule has 184 valence electrons. The highest BCUT2D eigenvalue weighted by atomic mass is 32.2. The predicted octanol–water partition coefficient (Wildman–Crippen LogP) is 7.62. The normalized spacial score (nSPS) is 11.9. The van der Waals surface area contributed by atoms with E-state index in [9.17, 15) is 13.2 Å². The van der Waals surface area contributed by atoms with Gasteiger partial charge in [0.05, 0.1) is 11.2 Å². The van der Waals surface area contributed by atoms with Crippen LogP contribution >= 0.6 is 11.8 Å². The van der Waals surface area contributed by atoms with Gasteiger partial charge in [0.2, 0.25) is 0 Å². The molecule has 3 aromatic carbocycles. The summed E-state index contributed by atoms with van der Waals surface area (Å²) in [4.78, 5) is 8.30. The fourth-order valence-electron chi connectivity index (χ4n) is 4.12. The third-order valence-electron chi connectivity index (χ3n) is 5.72. The lowest BCUT2D eigenvalue weighted by molar-refractivity contribution is -0.274. The number of nitrogens with one attached hydrogen (secondary N) is 1. The molecule has 0 aliphatic rings. The molecule has 0 amide bonds. The van der Waals surface area contributed by atoms with Crippen LogP contribution in [0.5, 0.6) is 5.75 Å². The Labute approximate surface area is 212 Å². The van der Waals surface area contributed by atoms with E-state index in [-0.39, 0.29) is 22.6 Å². The second kappa shape index (κ2) is 9.29. The molecule has 6 rings (SSSR count). The van der Waals surface area contributed by atoms with Gasteiger partial charge < -0.3 is 14.1 Å². The Kier molecular flexibility index (Phi) is 5.80. The van der Waals surface area contributed by atoms with E-state index in [1.165, 1.54) is 12.1 Å². The number of nitrogens with zero attached hydrogens (tertiary/aromatic N) is 3. The molecular weight excluding hydrogens is 501 g/mol. The number of hydrogen-bond donors (Lipinski definition) is 1. The predicted molar refractivity (Wildman–Crippen MR) is 135 cm³/mol. The van der Waals surface area contributed by atoms with Crippen LogP contribution in [0.3, 0.4) is 0 Å². The van der Waals surface area contributed by atoms with E-state index < -0.39 is 6.36 Å². The fourth-order valence-corrected chi connectivity index (χ4v) is 4.87. The van der Waals surface area contributed by atoms with Gasteiger partial charge in [-0.1, -0.05) is 78.5 Å². The Morgan fingerprint density at radius 2 is 1.62 bits per heavy atom. The number of halogens is 3. The third-order valence-corrected chi connectivity index (χ3v) is 6.59. The summed E-state index contributed by atoms with van der Waals surface area (Å²) in [6.07, 6.45) is -4.78. The second-order valence-corrected chi connectivity index (χ2v) is 9.06. The van der Waals surface area contributed by atoms with Gasteiger partial charge in [-0.2, -0.15) is 0 Å². The first-order chi connectivity index (χ1) is 17.9. The lowest BCUT2D eigenvalue weighted by Gasteiger charge is -2.12. The fraction of sp³-hybridized carbons (Fsp3) is 0.0741. The van der Waals surface area contributed by atoms with Crippen LogP contribution in [0.25, 0.3) is 44.6 Å². The van der Waals surface area contributed by atoms with Crippen LogP contribution in [0, 0.1) is 0 Å². The number of aromatic nitrogens is 4. The van der Waals surface area contributed by atoms with Crippen molar-refractivity contribution < 1.29 is 22.3 Å². The smallest absolute Gasteiger partial charge is 0.410 e. The number of thioether (sulfide) groups is 1. The summed E-state index contributed by atoms with van der Waals surface area (Å²) in [6, 6.07) is 25.6. The largest absolute Gasteiger partial charge is 0.573 e. The zero-order valence-corrected chi connectivity index (χ0v) is 19.8. The van der Waals surface area contributed by atoms with E-state index in [4.69, 9.17) is 9.40 Å². The van der Waals surface area contributed by atoms with Crippen molar-refractivity contribution in [2.24, 2.45) is 0 Å². The molecule has 10 heteroatoms. The van der Waals surface area contributed by atoms with Gasteiger partial charge in [-0.25, -0.2) is 4.98 Å². The van der Waals surface area contributed by atoms with E-state index in [1.807, 2.05) is 60.7 Å². The number of aromatic amines is 1. The van der Waals surface area contributed by atoms with Crippen molar-refractivity contribution in [3.63, 3.8) is 0 Å². The summed E-state index contributed by atoms with van der Waals surface area (Å²) in [7, 11) is 0. The molecule has 6 aromatic rings. The topological polar surface area (TPSA) is 76.8 Å². The van der Waals surface area contributed by atoms with Gasteiger partial charge in [0.15, 0.2) is 0 Å². The number of H-pyrrole nitrogens is 1. The number of ether oxygens (including phenoxy) is 1. The summed E-state index contributed by atoms with van der Waals surface area (Å²) >= 11 is 1.12. The highest BCUT2D eigenvalue weighted by molar-refractivity contribution is 7.98. The maximum absolute atomic E-state index is 12.7. The van der Waals surface area contributed by atoms with Crippen molar-refractivity contribution in [1.82, 2.24) is 20.2 Å². The molecular formula is C27H17F3N4O2S. The zero-order chi connectivity index (χ0) is 25.4. The molecule has 1 N–H and O–H groups in total. The minimum absolute atomic E-state index is 0.151. The summed E-state index contributed by atoms with van der Waals surface area (Å²) in [5.41, 5.74) is 4.40. The minimum atomic E-state index is -4.78. The standard InChI is InChI=1S/C27H17F3N4O2S/c28-27(29,30)36-22-13-7-4-10-17(22)15-37-26-34-33-25(35-26)21-14-19-18-11-5-6-12-20(18)31-24(19)23(32-21)16-8-2-1-3-9-16/h1-14,31H,15H2. The van der Waals surface area contributed by atoms with Crippen LogP contribution in [0.15, 0.2) is 94.6 Å². The summed E-state index contributed by atoms with van der Waals surface area (Å²) < 4.78 is 48.2. The maximum Gasteiger partial charge on any atom is 0.573 e. The first-order valence-electron chi connectivity index (χ1n) is 11.2. The van der Waals surface area contributed by atoms with E-state index in [0.717, 1.165) is 44.8 Å². The number of benzene rings is 3. The molecule has 0 saturated carbocycles. The van der Waals surface area contributed by atoms with Crippen LogP contribution in [-0.4, -0.2) is 26.5 Å². The number of rotatable bonds is 6. The van der Waals surface area contributed by atoms with Gasteiger partial charge in [0.1, 0.15) is 11.4 Å². The number of para-hydroxylation sites is 2. The first kappa shape index (κ1) is 23.1. The van der Waals surface area contributed by atoms with Gasteiger partial charge in [-0.3, -0.25) is 0 Å². The Balaban J connectivity index is 1.35. The number of hydrogen-bond acceptors (Lipinski definition) is 6.